The van der Waals surface area contributed by atoms with Crippen LogP contribution in [0, 0.1) is 15.9 Å². The summed E-state index contributed by atoms with van der Waals surface area (Å²) in [6.45, 7) is 1.71. The lowest BCUT2D eigenvalue weighted by atomic mass is 10.2. The first kappa shape index (κ1) is 15.8. The fourth-order valence-electron chi connectivity index (χ4n) is 1.44. The highest BCUT2D eigenvalue weighted by Crippen LogP contribution is 2.29. The minimum atomic E-state index is -0.916. The smallest absolute Gasteiger partial charge is 0.323 e. The van der Waals surface area contributed by atoms with Gasteiger partial charge in [-0.05, 0) is 13.0 Å². The first-order valence-electron chi connectivity index (χ1n) is 5.95. The van der Waals surface area contributed by atoms with Crippen LogP contribution in [0.1, 0.15) is 13.3 Å². The fraction of sp³-hybridized carbons (Fsp3) is 0.417. The van der Waals surface area contributed by atoms with Crippen molar-refractivity contribution in [1.29, 1.82) is 0 Å². The molecule has 1 aromatic rings. The number of nitro benzene ring substituents is 1. The summed E-state index contributed by atoms with van der Waals surface area (Å²) in [5.74, 6) is -1.91. The van der Waals surface area contributed by atoms with Crippen molar-refractivity contribution >= 4 is 11.7 Å². The van der Waals surface area contributed by atoms with E-state index in [0.29, 0.717) is 0 Å². The molecule has 0 aromatic heterocycles. The van der Waals surface area contributed by atoms with Gasteiger partial charge in [0.05, 0.1) is 18.1 Å². The van der Waals surface area contributed by atoms with Gasteiger partial charge in [-0.2, -0.15) is 0 Å². The zero-order valence-corrected chi connectivity index (χ0v) is 10.9. The third-order valence-corrected chi connectivity index (χ3v) is 2.41. The van der Waals surface area contributed by atoms with Gasteiger partial charge in [0, 0.05) is 12.5 Å². The molecule has 0 radical (unpaired) electrons. The van der Waals surface area contributed by atoms with Crippen LogP contribution in [0.2, 0.25) is 0 Å². The van der Waals surface area contributed by atoms with E-state index in [2.05, 4.69) is 0 Å². The molecule has 0 bridgehead atoms. The number of benzene rings is 1. The second-order valence-corrected chi connectivity index (χ2v) is 3.84. The summed E-state index contributed by atoms with van der Waals surface area (Å²) >= 11 is 0. The molecular formula is C12H15FN2O5. The maximum atomic E-state index is 13.5. The first-order valence-corrected chi connectivity index (χ1v) is 5.95. The average Bonchev–Trinajstić information content (AvgIpc) is 2.40. The fourth-order valence-corrected chi connectivity index (χ4v) is 1.44. The van der Waals surface area contributed by atoms with E-state index in [1.807, 2.05) is 0 Å². The van der Waals surface area contributed by atoms with E-state index in [1.54, 1.807) is 6.92 Å². The Labute approximate surface area is 114 Å². The summed E-state index contributed by atoms with van der Waals surface area (Å²) in [7, 11) is 0. The van der Waals surface area contributed by atoms with Crippen LogP contribution in [0.3, 0.4) is 0 Å². The zero-order chi connectivity index (χ0) is 15.1. The maximum Gasteiger partial charge on any atom is 0.323 e. The van der Waals surface area contributed by atoms with Gasteiger partial charge in [-0.1, -0.05) is 6.07 Å². The molecule has 20 heavy (non-hydrogen) atoms. The van der Waals surface area contributed by atoms with Crippen LogP contribution in [0.25, 0.3) is 0 Å². The summed E-state index contributed by atoms with van der Waals surface area (Å²) in [5.41, 5.74) is 5.04. The molecule has 0 aliphatic heterocycles. The topological polar surface area (TPSA) is 105 Å². The molecule has 0 aliphatic carbocycles. The number of carbonyl (C=O) groups excluding carboxylic acids is 1. The van der Waals surface area contributed by atoms with E-state index in [-0.39, 0.29) is 19.6 Å². The molecule has 0 saturated heterocycles. The number of rotatable bonds is 7. The third kappa shape index (κ3) is 4.16. The van der Waals surface area contributed by atoms with Crippen molar-refractivity contribution in [2.45, 2.75) is 19.4 Å². The van der Waals surface area contributed by atoms with Crippen molar-refractivity contribution in [3.63, 3.8) is 0 Å². The molecule has 110 valence electrons. The molecule has 1 atom stereocenters. The Morgan fingerprint density at radius 2 is 2.25 bits per heavy atom. The van der Waals surface area contributed by atoms with E-state index in [4.69, 9.17) is 15.2 Å². The number of para-hydroxylation sites is 1. The number of nitro groups is 1. The number of halogens is 1. The lowest BCUT2D eigenvalue weighted by molar-refractivity contribution is -0.386. The van der Waals surface area contributed by atoms with Gasteiger partial charge in [0.2, 0.25) is 5.75 Å². The molecule has 1 aromatic carbocycles. The van der Waals surface area contributed by atoms with Gasteiger partial charge in [0.1, 0.15) is 6.04 Å². The zero-order valence-electron chi connectivity index (χ0n) is 10.9. The quantitative estimate of drug-likeness (QED) is 0.461. The molecule has 0 heterocycles. The van der Waals surface area contributed by atoms with Crippen molar-refractivity contribution in [2.24, 2.45) is 5.73 Å². The molecule has 0 amide bonds. The Morgan fingerprint density at radius 1 is 1.55 bits per heavy atom. The van der Waals surface area contributed by atoms with Crippen LogP contribution >= 0.6 is 0 Å². The Balaban J connectivity index is 2.62. The number of ether oxygens (including phenoxy) is 2. The summed E-state index contributed by atoms with van der Waals surface area (Å²) in [6.07, 6.45) is 0.0598. The number of hydrogen-bond acceptors (Lipinski definition) is 6. The van der Waals surface area contributed by atoms with Gasteiger partial charge in [0.15, 0.2) is 5.82 Å². The van der Waals surface area contributed by atoms with Crippen LogP contribution in [0.5, 0.6) is 5.75 Å². The number of esters is 1. The highest BCUT2D eigenvalue weighted by molar-refractivity contribution is 5.75. The van der Waals surface area contributed by atoms with Crippen LogP contribution in [0.15, 0.2) is 18.2 Å². The van der Waals surface area contributed by atoms with Gasteiger partial charge in [-0.3, -0.25) is 14.9 Å². The Hall–Kier alpha value is -2.22. The first-order chi connectivity index (χ1) is 9.47. The van der Waals surface area contributed by atoms with Crippen molar-refractivity contribution in [3.8, 4) is 5.75 Å². The predicted octanol–water partition coefficient (Wildman–Crippen LogP) is 1.39. The van der Waals surface area contributed by atoms with Gasteiger partial charge < -0.3 is 15.2 Å². The van der Waals surface area contributed by atoms with Crippen molar-refractivity contribution in [1.82, 2.24) is 0 Å². The molecule has 0 saturated carbocycles. The summed E-state index contributed by atoms with van der Waals surface area (Å²) in [6, 6.07) is 2.47. The lowest BCUT2D eigenvalue weighted by Gasteiger charge is -2.11. The number of carbonyl (C=O) groups is 1. The molecule has 1 unspecified atom stereocenters. The van der Waals surface area contributed by atoms with Crippen molar-refractivity contribution < 1.29 is 23.6 Å². The summed E-state index contributed by atoms with van der Waals surface area (Å²) in [5, 5.41) is 10.7. The second kappa shape index (κ2) is 7.39. The minimum absolute atomic E-state index is 0.0598. The monoisotopic (exact) mass is 286 g/mol. The summed E-state index contributed by atoms with van der Waals surface area (Å²) in [4.78, 5) is 21.2. The number of nitrogens with zero attached hydrogens (tertiary/aromatic N) is 1. The van der Waals surface area contributed by atoms with Gasteiger partial charge in [-0.15, -0.1) is 0 Å². The van der Waals surface area contributed by atoms with Gasteiger partial charge in [0.25, 0.3) is 0 Å². The number of hydrogen-bond donors (Lipinski definition) is 1. The molecular weight excluding hydrogens is 271 g/mol. The largest absolute Gasteiger partial charge is 0.485 e. The van der Waals surface area contributed by atoms with Crippen LogP contribution in [-0.2, 0) is 9.53 Å². The molecule has 7 nitrogen and oxygen atoms in total. The lowest BCUT2D eigenvalue weighted by Crippen LogP contribution is -2.33. The molecule has 0 fully saturated rings. The van der Waals surface area contributed by atoms with Gasteiger partial charge in [-0.25, -0.2) is 4.39 Å². The Bertz CT molecular complexity index is 495. The molecule has 8 heteroatoms. The van der Waals surface area contributed by atoms with E-state index in [9.17, 15) is 19.3 Å². The van der Waals surface area contributed by atoms with E-state index >= 15 is 0 Å². The predicted molar refractivity (Wildman–Crippen MR) is 67.8 cm³/mol. The highest BCUT2D eigenvalue weighted by Gasteiger charge is 2.20. The van der Waals surface area contributed by atoms with Crippen molar-refractivity contribution in [3.05, 3.63) is 34.1 Å². The Morgan fingerprint density at radius 3 is 2.85 bits per heavy atom. The molecule has 1 rings (SSSR count). The second-order valence-electron chi connectivity index (χ2n) is 3.84. The maximum absolute atomic E-state index is 13.5. The minimum Gasteiger partial charge on any atom is -0.485 e. The summed E-state index contributed by atoms with van der Waals surface area (Å²) < 4.78 is 23.2. The highest BCUT2D eigenvalue weighted by atomic mass is 19.1. The van der Waals surface area contributed by atoms with Crippen LogP contribution in [-0.4, -0.2) is 30.1 Å². The van der Waals surface area contributed by atoms with E-state index in [1.165, 1.54) is 6.07 Å². The third-order valence-electron chi connectivity index (χ3n) is 2.41. The number of nitrogens with two attached hydrogens (primary N) is 1. The molecule has 2 N–H and O–H groups in total. The Kier molecular flexibility index (Phi) is 5.85. The average molecular weight is 286 g/mol. The molecule has 0 aliphatic rings. The van der Waals surface area contributed by atoms with E-state index < -0.39 is 34.2 Å². The van der Waals surface area contributed by atoms with Gasteiger partial charge >= 0.3 is 11.7 Å². The van der Waals surface area contributed by atoms with Crippen LogP contribution in [0.4, 0.5) is 10.1 Å². The van der Waals surface area contributed by atoms with Crippen molar-refractivity contribution in [2.75, 3.05) is 13.2 Å². The normalized spacial score (nSPS) is 11.8. The van der Waals surface area contributed by atoms with E-state index in [0.717, 1.165) is 12.1 Å². The standard InChI is InChI=1S/C12H15FN2O5/c1-2-19-12(16)9(14)6-7-20-11-8(13)4-3-5-10(11)15(17)18/h3-5,9H,2,6-7,14H2,1H3. The van der Waals surface area contributed by atoms with Crippen LogP contribution < -0.4 is 10.5 Å². The molecule has 0 spiro atoms. The SMILES string of the molecule is CCOC(=O)C(N)CCOc1c(F)cccc1[N+](=O)[O-].